The van der Waals surface area contributed by atoms with Crippen molar-refractivity contribution >= 4 is 17.6 Å². The third-order valence-electron chi connectivity index (χ3n) is 5.99. The van der Waals surface area contributed by atoms with Crippen molar-refractivity contribution in [3.63, 3.8) is 0 Å². The van der Waals surface area contributed by atoms with Gasteiger partial charge in [0.2, 0.25) is 6.10 Å². The van der Waals surface area contributed by atoms with E-state index in [-0.39, 0.29) is 23.9 Å². The lowest BCUT2D eigenvalue weighted by Gasteiger charge is -2.36. The lowest BCUT2D eigenvalue weighted by Crippen LogP contribution is -2.55. The molecule has 3 aromatic rings. The molecule has 1 fully saturated rings. The maximum atomic E-state index is 13.0. The zero-order valence-corrected chi connectivity index (χ0v) is 18.6. The van der Waals surface area contributed by atoms with Crippen LogP contribution in [0.1, 0.15) is 35.9 Å². The number of nitrogens with one attached hydrogen (secondary N) is 2. The minimum Gasteiger partial charge on any atom is -0.472 e. The molecule has 33 heavy (non-hydrogen) atoms. The Kier molecular flexibility index (Phi) is 5.56. The van der Waals surface area contributed by atoms with Gasteiger partial charge in [-0.15, -0.1) is 0 Å². The molecule has 3 unspecified atom stereocenters. The van der Waals surface area contributed by atoms with Crippen molar-refractivity contribution in [3.8, 4) is 16.9 Å². The first-order valence-electron chi connectivity index (χ1n) is 11.2. The first-order chi connectivity index (χ1) is 16.0. The van der Waals surface area contributed by atoms with E-state index in [1.54, 1.807) is 6.20 Å². The monoisotopic (exact) mass is 442 g/mol. The van der Waals surface area contributed by atoms with Gasteiger partial charge in [0.05, 0.1) is 0 Å². The number of carbonyl (C=O) groups is 2. The number of carbonyl (C=O) groups excluding carboxylic acids is 2. The van der Waals surface area contributed by atoms with Crippen LogP contribution >= 0.6 is 0 Å². The number of anilines is 1. The first-order valence-corrected chi connectivity index (χ1v) is 11.2. The summed E-state index contributed by atoms with van der Waals surface area (Å²) in [7, 11) is 0. The molecule has 3 heterocycles. The summed E-state index contributed by atoms with van der Waals surface area (Å²) in [5.74, 6) is 0.727. The number of nitrogens with zero attached hydrogens (tertiary/aromatic N) is 2. The summed E-state index contributed by atoms with van der Waals surface area (Å²) in [4.78, 5) is 31.7. The van der Waals surface area contributed by atoms with Gasteiger partial charge in [-0.25, -0.2) is 4.98 Å². The van der Waals surface area contributed by atoms with Gasteiger partial charge < -0.3 is 20.3 Å². The van der Waals surface area contributed by atoms with E-state index in [4.69, 9.17) is 4.74 Å². The van der Waals surface area contributed by atoms with Crippen LogP contribution in [0.2, 0.25) is 0 Å². The molecule has 2 amide bonds. The van der Waals surface area contributed by atoms with Crippen LogP contribution in [0.25, 0.3) is 11.1 Å². The van der Waals surface area contributed by atoms with E-state index in [9.17, 15) is 9.59 Å². The van der Waals surface area contributed by atoms with Crippen LogP contribution < -0.4 is 15.4 Å². The molecule has 5 rings (SSSR count). The van der Waals surface area contributed by atoms with Crippen molar-refractivity contribution in [1.82, 2.24) is 15.2 Å². The van der Waals surface area contributed by atoms with Crippen molar-refractivity contribution in [2.24, 2.45) is 0 Å². The zero-order valence-electron chi connectivity index (χ0n) is 18.6. The molecule has 0 bridgehead atoms. The second-order valence-corrected chi connectivity index (χ2v) is 8.72. The fraction of sp³-hybridized carbons (Fsp3) is 0.269. The fourth-order valence-electron chi connectivity index (χ4n) is 4.48. The molecule has 3 atom stereocenters. The van der Waals surface area contributed by atoms with Crippen LogP contribution in [-0.2, 0) is 4.79 Å². The summed E-state index contributed by atoms with van der Waals surface area (Å²) in [6.07, 6.45) is 0.974. The summed E-state index contributed by atoms with van der Waals surface area (Å²) in [6.45, 7) is 5.58. The molecule has 0 saturated carbocycles. The molecule has 7 heteroatoms. The summed E-state index contributed by atoms with van der Waals surface area (Å²) in [5, 5.41) is 6.27. The van der Waals surface area contributed by atoms with Gasteiger partial charge in [-0.2, -0.15) is 0 Å². The zero-order chi connectivity index (χ0) is 22.9. The number of pyridine rings is 1. The molecule has 2 aromatic carbocycles. The Morgan fingerprint density at radius 2 is 1.70 bits per heavy atom. The predicted octanol–water partition coefficient (Wildman–Crippen LogP) is 3.64. The third kappa shape index (κ3) is 4.32. The summed E-state index contributed by atoms with van der Waals surface area (Å²) in [6, 6.07) is 19.3. The Labute approximate surface area is 192 Å². The third-order valence-corrected chi connectivity index (χ3v) is 5.99. The molecule has 2 aliphatic heterocycles. The first kappa shape index (κ1) is 21.2. The van der Waals surface area contributed by atoms with E-state index < -0.39 is 6.10 Å². The number of ether oxygens (including phenoxy) is 1. The number of rotatable bonds is 3. The molecule has 2 N–H and O–H groups in total. The average molecular weight is 443 g/mol. The Morgan fingerprint density at radius 1 is 1.00 bits per heavy atom. The summed E-state index contributed by atoms with van der Waals surface area (Å²) >= 11 is 0. The van der Waals surface area contributed by atoms with Gasteiger partial charge >= 0.3 is 0 Å². The number of fused-ring (bicyclic) bond motifs is 1. The van der Waals surface area contributed by atoms with E-state index in [1.807, 2.05) is 65.6 Å². The highest BCUT2D eigenvalue weighted by atomic mass is 16.5. The van der Waals surface area contributed by atoms with Gasteiger partial charge in [0, 0.05) is 48.1 Å². The van der Waals surface area contributed by atoms with E-state index in [0.717, 1.165) is 16.7 Å². The van der Waals surface area contributed by atoms with E-state index in [2.05, 4.69) is 29.5 Å². The van der Waals surface area contributed by atoms with Gasteiger partial charge in [-0.1, -0.05) is 42.5 Å². The van der Waals surface area contributed by atoms with Gasteiger partial charge in [0.1, 0.15) is 0 Å². The molecule has 7 nitrogen and oxygen atoms in total. The molecule has 2 aliphatic rings. The van der Waals surface area contributed by atoms with E-state index >= 15 is 0 Å². The average Bonchev–Trinajstić information content (AvgIpc) is 2.83. The van der Waals surface area contributed by atoms with Crippen molar-refractivity contribution in [2.45, 2.75) is 32.0 Å². The lowest BCUT2D eigenvalue weighted by atomic mass is 10.0. The maximum absolute atomic E-state index is 13.0. The Balaban J connectivity index is 1.36. The highest BCUT2D eigenvalue weighted by molar-refractivity contribution is 5.98. The number of hydrogen-bond donors (Lipinski definition) is 2. The Hall–Kier alpha value is -3.71. The molecule has 1 saturated heterocycles. The largest absolute Gasteiger partial charge is 0.472 e. The standard InChI is InChI=1S/C26H26N4O3/c1-16-14-30(15-17(2)28-16)26(32)20-10-8-18(9-11-20)21-12-22-24(27-13-21)29-25(31)23(33-22)19-6-4-3-5-7-19/h3-13,16-17,23,28H,14-15H2,1-2H3,(H,27,29,31). The van der Waals surface area contributed by atoms with Gasteiger partial charge in [-0.3, -0.25) is 9.59 Å². The molecular weight excluding hydrogens is 416 g/mol. The van der Waals surface area contributed by atoms with Crippen molar-refractivity contribution in [1.29, 1.82) is 0 Å². The van der Waals surface area contributed by atoms with Crippen LogP contribution in [0, 0.1) is 0 Å². The fourth-order valence-corrected chi connectivity index (χ4v) is 4.48. The molecule has 0 radical (unpaired) electrons. The van der Waals surface area contributed by atoms with Gasteiger partial charge in [-0.05, 0) is 37.6 Å². The SMILES string of the molecule is CC1CN(C(=O)c2ccc(-c3cnc4c(c3)OC(c3ccccc3)C(=O)N4)cc2)CC(C)N1. The van der Waals surface area contributed by atoms with Gasteiger partial charge in [0.25, 0.3) is 11.8 Å². The van der Waals surface area contributed by atoms with Crippen LogP contribution in [0.15, 0.2) is 66.9 Å². The van der Waals surface area contributed by atoms with Crippen molar-refractivity contribution < 1.29 is 14.3 Å². The van der Waals surface area contributed by atoms with Crippen LogP contribution in [-0.4, -0.2) is 46.9 Å². The second kappa shape index (κ2) is 8.67. The quantitative estimate of drug-likeness (QED) is 0.647. The summed E-state index contributed by atoms with van der Waals surface area (Å²) < 4.78 is 6.01. The normalized spacial score (nSPS) is 22.2. The van der Waals surface area contributed by atoms with Crippen LogP contribution in [0.3, 0.4) is 0 Å². The van der Waals surface area contributed by atoms with Crippen molar-refractivity contribution in [3.05, 3.63) is 78.0 Å². The molecule has 168 valence electrons. The predicted molar refractivity (Wildman–Crippen MR) is 126 cm³/mol. The molecule has 1 aromatic heterocycles. The molecule has 0 spiro atoms. The highest BCUT2D eigenvalue weighted by Gasteiger charge is 2.30. The maximum Gasteiger partial charge on any atom is 0.271 e. The Morgan fingerprint density at radius 3 is 2.39 bits per heavy atom. The lowest BCUT2D eigenvalue weighted by molar-refractivity contribution is -0.123. The number of aromatic nitrogens is 1. The number of amides is 2. The second-order valence-electron chi connectivity index (χ2n) is 8.72. The minimum absolute atomic E-state index is 0.0436. The summed E-state index contributed by atoms with van der Waals surface area (Å²) in [5.41, 5.74) is 3.21. The Bertz CT molecular complexity index is 1170. The topological polar surface area (TPSA) is 83.6 Å². The van der Waals surface area contributed by atoms with Crippen LogP contribution in [0.5, 0.6) is 5.75 Å². The van der Waals surface area contributed by atoms with E-state index in [0.29, 0.717) is 30.2 Å². The van der Waals surface area contributed by atoms with Crippen LogP contribution in [0.4, 0.5) is 5.82 Å². The number of piperazine rings is 1. The highest BCUT2D eigenvalue weighted by Crippen LogP contribution is 2.36. The minimum atomic E-state index is -0.723. The van der Waals surface area contributed by atoms with Crippen molar-refractivity contribution in [2.75, 3.05) is 18.4 Å². The van der Waals surface area contributed by atoms with Gasteiger partial charge in [0.15, 0.2) is 11.6 Å². The molecule has 0 aliphatic carbocycles. The smallest absolute Gasteiger partial charge is 0.271 e. The molecular formula is C26H26N4O3. The van der Waals surface area contributed by atoms with E-state index in [1.165, 1.54) is 0 Å². The number of benzene rings is 2. The number of hydrogen-bond acceptors (Lipinski definition) is 5.